The molecule has 0 heterocycles. The zero-order valence-corrected chi connectivity index (χ0v) is 14.6. The molecule has 26 heavy (non-hydrogen) atoms. The third kappa shape index (κ3) is 5.33. The molecule has 0 bridgehead atoms. The Morgan fingerprint density at radius 3 is 2.62 bits per heavy atom. The molecule has 0 saturated carbocycles. The Morgan fingerprint density at radius 1 is 1.19 bits per heavy atom. The number of hydrogen-bond donors (Lipinski definition) is 4. The highest BCUT2D eigenvalue weighted by Crippen LogP contribution is 2.23. The minimum absolute atomic E-state index is 0.0677. The van der Waals surface area contributed by atoms with E-state index in [0.717, 1.165) is 12.1 Å². The molecule has 0 aliphatic carbocycles. The molecule has 138 valence electrons. The fourth-order valence-corrected chi connectivity index (χ4v) is 2.35. The van der Waals surface area contributed by atoms with Gasteiger partial charge in [-0.3, -0.25) is 4.79 Å². The Bertz CT molecular complexity index is 796. The lowest BCUT2D eigenvalue weighted by Gasteiger charge is -2.13. The van der Waals surface area contributed by atoms with Gasteiger partial charge in [-0.05, 0) is 30.3 Å². The lowest BCUT2D eigenvalue weighted by molar-refractivity contribution is 0.0945. The van der Waals surface area contributed by atoms with Crippen LogP contribution in [0.1, 0.15) is 10.4 Å². The minimum Gasteiger partial charge on any atom is -0.497 e. The second kappa shape index (κ2) is 9.02. The molecule has 2 aromatic rings. The van der Waals surface area contributed by atoms with E-state index >= 15 is 0 Å². The molecule has 7 nitrogen and oxygen atoms in total. The Kier molecular flexibility index (Phi) is 6.76. The third-order valence-electron chi connectivity index (χ3n) is 3.24. The molecule has 0 unspecified atom stereocenters. The molecular formula is C17H17ClFN3O4. The van der Waals surface area contributed by atoms with Crippen molar-refractivity contribution in [1.82, 2.24) is 5.32 Å². The summed E-state index contributed by atoms with van der Waals surface area (Å²) in [4.78, 5) is 24.3. The number of ether oxygens (including phenoxy) is 1. The Labute approximate surface area is 154 Å². The van der Waals surface area contributed by atoms with Crippen molar-refractivity contribution in [1.29, 1.82) is 0 Å². The van der Waals surface area contributed by atoms with E-state index in [0.29, 0.717) is 5.75 Å². The smallest absolute Gasteiger partial charge is 0.323 e. The summed E-state index contributed by atoms with van der Waals surface area (Å²) in [6.07, 6.45) is 0. The number of methoxy groups -OCH3 is 1. The highest BCUT2D eigenvalue weighted by molar-refractivity contribution is 6.31. The normalized spacial score (nSPS) is 10.2. The van der Waals surface area contributed by atoms with Gasteiger partial charge in [-0.15, -0.1) is 0 Å². The van der Waals surface area contributed by atoms with Crippen LogP contribution in [-0.4, -0.2) is 37.3 Å². The van der Waals surface area contributed by atoms with Gasteiger partial charge in [0.25, 0.3) is 5.91 Å². The predicted molar refractivity (Wildman–Crippen MR) is 96.5 cm³/mol. The first kappa shape index (κ1) is 19.5. The van der Waals surface area contributed by atoms with Crippen molar-refractivity contribution in [2.24, 2.45) is 0 Å². The average Bonchev–Trinajstić information content (AvgIpc) is 2.58. The highest BCUT2D eigenvalue weighted by atomic mass is 35.5. The summed E-state index contributed by atoms with van der Waals surface area (Å²) in [6.45, 7) is -0.149. The molecule has 0 spiro atoms. The maximum absolute atomic E-state index is 13.3. The van der Waals surface area contributed by atoms with Gasteiger partial charge in [-0.1, -0.05) is 11.6 Å². The fourth-order valence-electron chi connectivity index (χ4n) is 2.13. The van der Waals surface area contributed by atoms with Crippen molar-refractivity contribution in [2.75, 3.05) is 30.9 Å². The molecular weight excluding hydrogens is 365 g/mol. The van der Waals surface area contributed by atoms with Crippen LogP contribution in [0.3, 0.4) is 0 Å². The standard InChI is InChI=1S/C17H17ClFN3O4/c1-26-13-2-3-14(16(24)20-4-5-23)15(9-13)22-17(25)21-12-7-10(18)6-11(19)8-12/h2-3,6-9,23H,4-5H2,1H3,(H,20,24)(H2,21,22,25). The second-order valence-corrected chi connectivity index (χ2v) is 5.56. The van der Waals surface area contributed by atoms with Crippen LogP contribution >= 0.6 is 11.6 Å². The van der Waals surface area contributed by atoms with Crippen molar-refractivity contribution in [2.45, 2.75) is 0 Å². The Balaban J connectivity index is 2.20. The van der Waals surface area contributed by atoms with E-state index in [1.54, 1.807) is 6.07 Å². The van der Waals surface area contributed by atoms with Crippen LogP contribution < -0.4 is 20.7 Å². The van der Waals surface area contributed by atoms with Crippen LogP contribution in [-0.2, 0) is 0 Å². The molecule has 3 amide bonds. The highest BCUT2D eigenvalue weighted by Gasteiger charge is 2.15. The van der Waals surface area contributed by atoms with E-state index in [9.17, 15) is 14.0 Å². The first-order chi connectivity index (χ1) is 12.4. The number of carbonyl (C=O) groups excluding carboxylic acids is 2. The Morgan fingerprint density at radius 2 is 1.96 bits per heavy atom. The number of aliphatic hydroxyl groups excluding tert-OH is 1. The molecule has 0 radical (unpaired) electrons. The third-order valence-corrected chi connectivity index (χ3v) is 3.46. The number of carbonyl (C=O) groups is 2. The molecule has 0 aromatic heterocycles. The van der Waals surface area contributed by atoms with E-state index in [4.69, 9.17) is 21.4 Å². The topological polar surface area (TPSA) is 99.7 Å². The SMILES string of the molecule is COc1ccc(C(=O)NCCO)c(NC(=O)Nc2cc(F)cc(Cl)c2)c1. The summed E-state index contributed by atoms with van der Waals surface area (Å²) in [7, 11) is 1.44. The van der Waals surface area contributed by atoms with Crippen molar-refractivity contribution < 1.29 is 23.8 Å². The zero-order valence-electron chi connectivity index (χ0n) is 13.8. The number of hydrogen-bond acceptors (Lipinski definition) is 4. The van der Waals surface area contributed by atoms with Gasteiger partial charge in [0.15, 0.2) is 0 Å². The molecule has 0 aliphatic heterocycles. The average molecular weight is 382 g/mol. The number of anilines is 2. The molecule has 0 fully saturated rings. The summed E-state index contributed by atoms with van der Waals surface area (Å²) in [5.74, 6) is -0.656. The maximum atomic E-state index is 13.3. The van der Waals surface area contributed by atoms with Gasteiger partial charge in [0.1, 0.15) is 11.6 Å². The minimum atomic E-state index is -0.698. The first-order valence-electron chi connectivity index (χ1n) is 7.54. The van der Waals surface area contributed by atoms with E-state index in [1.807, 2.05) is 0 Å². The number of rotatable bonds is 6. The van der Waals surface area contributed by atoms with Gasteiger partial charge in [0.05, 0.1) is 25.0 Å². The van der Waals surface area contributed by atoms with Crippen LogP contribution in [0.15, 0.2) is 36.4 Å². The van der Waals surface area contributed by atoms with E-state index in [2.05, 4.69) is 16.0 Å². The maximum Gasteiger partial charge on any atom is 0.323 e. The van der Waals surface area contributed by atoms with Gasteiger partial charge in [-0.2, -0.15) is 0 Å². The molecule has 0 saturated heterocycles. The largest absolute Gasteiger partial charge is 0.497 e. The fraction of sp³-hybridized carbons (Fsp3) is 0.176. The lowest BCUT2D eigenvalue weighted by Crippen LogP contribution is -2.28. The summed E-state index contributed by atoms with van der Waals surface area (Å²) >= 11 is 5.75. The van der Waals surface area contributed by atoms with Crippen LogP contribution in [0, 0.1) is 5.82 Å². The predicted octanol–water partition coefficient (Wildman–Crippen LogP) is 2.85. The summed E-state index contributed by atoms with van der Waals surface area (Å²) < 4.78 is 18.4. The number of benzene rings is 2. The van der Waals surface area contributed by atoms with Gasteiger partial charge >= 0.3 is 6.03 Å². The second-order valence-electron chi connectivity index (χ2n) is 5.13. The summed E-state index contributed by atoms with van der Waals surface area (Å²) in [5.41, 5.74) is 0.508. The molecule has 2 rings (SSSR count). The quantitative estimate of drug-likeness (QED) is 0.618. The zero-order chi connectivity index (χ0) is 19.1. The molecule has 0 atom stereocenters. The number of amides is 3. The molecule has 2 aromatic carbocycles. The van der Waals surface area contributed by atoms with E-state index in [-0.39, 0.29) is 35.1 Å². The molecule has 4 N–H and O–H groups in total. The number of halogens is 2. The van der Waals surface area contributed by atoms with E-state index < -0.39 is 17.8 Å². The van der Waals surface area contributed by atoms with Gasteiger partial charge in [0.2, 0.25) is 0 Å². The van der Waals surface area contributed by atoms with Gasteiger partial charge in [0, 0.05) is 23.3 Å². The van der Waals surface area contributed by atoms with Crippen LogP contribution in [0.25, 0.3) is 0 Å². The van der Waals surface area contributed by atoms with Gasteiger partial charge < -0.3 is 25.8 Å². The van der Waals surface area contributed by atoms with E-state index in [1.165, 1.54) is 25.3 Å². The van der Waals surface area contributed by atoms with Crippen molar-refractivity contribution in [3.05, 3.63) is 52.8 Å². The lowest BCUT2D eigenvalue weighted by atomic mass is 10.1. The van der Waals surface area contributed by atoms with Crippen LogP contribution in [0.2, 0.25) is 5.02 Å². The Hall–Kier alpha value is -2.84. The van der Waals surface area contributed by atoms with Crippen LogP contribution in [0.4, 0.5) is 20.6 Å². The first-order valence-corrected chi connectivity index (χ1v) is 7.92. The van der Waals surface area contributed by atoms with Crippen molar-refractivity contribution in [3.8, 4) is 5.75 Å². The number of nitrogens with one attached hydrogen (secondary N) is 3. The molecule has 9 heteroatoms. The number of aliphatic hydroxyl groups is 1. The van der Waals surface area contributed by atoms with Gasteiger partial charge in [-0.25, -0.2) is 9.18 Å². The van der Waals surface area contributed by atoms with Crippen molar-refractivity contribution in [3.63, 3.8) is 0 Å². The number of urea groups is 1. The summed E-state index contributed by atoms with van der Waals surface area (Å²) in [5, 5.41) is 16.4. The molecule has 0 aliphatic rings. The van der Waals surface area contributed by atoms with Crippen molar-refractivity contribution >= 4 is 34.9 Å². The summed E-state index contributed by atoms with van der Waals surface area (Å²) in [6, 6.07) is 7.39. The monoisotopic (exact) mass is 381 g/mol. The van der Waals surface area contributed by atoms with Crippen LogP contribution in [0.5, 0.6) is 5.75 Å².